The highest BCUT2D eigenvalue weighted by molar-refractivity contribution is 5.89. The van der Waals surface area contributed by atoms with Crippen molar-refractivity contribution in [1.82, 2.24) is 0 Å². The van der Waals surface area contributed by atoms with Crippen LogP contribution in [0.2, 0.25) is 0 Å². The molecule has 28 heavy (non-hydrogen) atoms. The lowest BCUT2D eigenvalue weighted by atomic mass is 9.48. The van der Waals surface area contributed by atoms with Gasteiger partial charge in [0.2, 0.25) is 11.7 Å². The molecule has 4 fully saturated rings. The van der Waals surface area contributed by atoms with Crippen molar-refractivity contribution >= 4 is 12.0 Å². The Bertz CT molecular complexity index is 967. The minimum atomic E-state index is -1.80. The van der Waals surface area contributed by atoms with E-state index in [-0.39, 0.29) is 5.90 Å². The molecule has 1 aromatic rings. The van der Waals surface area contributed by atoms with E-state index in [0.29, 0.717) is 18.4 Å². The zero-order valence-electron chi connectivity index (χ0n) is 15.6. The fraction of sp³-hybridized carbons (Fsp3) is 0.455. The van der Waals surface area contributed by atoms with Gasteiger partial charge in [-0.2, -0.15) is 15.8 Å². The molecule has 4 atom stereocenters. The molecule has 3 aliphatic heterocycles. The van der Waals surface area contributed by atoms with Gasteiger partial charge in [0.25, 0.3) is 0 Å². The second-order valence-corrected chi connectivity index (χ2v) is 7.79. The molecule has 2 bridgehead atoms. The molecule has 1 N–H and O–H groups in total. The molecule has 0 aromatic heterocycles. The Hall–Kier alpha value is -3.14. The number of hydrogen-bond donors (Lipinski definition) is 1. The predicted octanol–water partition coefficient (Wildman–Crippen LogP) is 3.93. The standard InChI is InChI=1S/C22H20N4O2/c1-15(11-16-7-3-2-4-8-16)18-21(14-25)19(26)28-22(27-18)10-6-5-9-17(22)20(21,12-23)13-24/h2-4,7-8,11,17-18,26H,5-6,9-10H2,1H3/b15-11+,26-19?/t17-,18-,21-,22-/m1/s1. The van der Waals surface area contributed by atoms with Gasteiger partial charge in [0.1, 0.15) is 6.10 Å². The van der Waals surface area contributed by atoms with Crippen molar-refractivity contribution in [2.45, 2.75) is 44.5 Å². The van der Waals surface area contributed by atoms with E-state index in [1.807, 2.05) is 43.3 Å². The predicted molar refractivity (Wildman–Crippen MR) is 100 cm³/mol. The van der Waals surface area contributed by atoms with Crippen LogP contribution in [-0.2, 0) is 9.47 Å². The maximum atomic E-state index is 10.2. The van der Waals surface area contributed by atoms with Crippen LogP contribution < -0.4 is 0 Å². The molecule has 1 aromatic carbocycles. The summed E-state index contributed by atoms with van der Waals surface area (Å²) < 4.78 is 12.2. The van der Waals surface area contributed by atoms with E-state index >= 15 is 0 Å². The Labute approximate surface area is 164 Å². The lowest BCUT2D eigenvalue weighted by molar-refractivity contribution is -0.349. The van der Waals surface area contributed by atoms with Crippen molar-refractivity contribution in [3.63, 3.8) is 0 Å². The van der Waals surface area contributed by atoms with Crippen LogP contribution in [0, 0.1) is 56.2 Å². The number of nitrogens with zero attached hydrogens (tertiary/aromatic N) is 3. The molecule has 140 valence electrons. The molecule has 3 heterocycles. The first-order valence-electron chi connectivity index (χ1n) is 9.42. The zero-order valence-corrected chi connectivity index (χ0v) is 15.6. The summed E-state index contributed by atoms with van der Waals surface area (Å²) in [7, 11) is 0. The van der Waals surface area contributed by atoms with Crippen molar-refractivity contribution in [3.05, 3.63) is 41.5 Å². The summed E-state index contributed by atoms with van der Waals surface area (Å²) in [5.41, 5.74) is -1.87. The van der Waals surface area contributed by atoms with Crippen molar-refractivity contribution in [3.8, 4) is 18.2 Å². The van der Waals surface area contributed by atoms with Crippen LogP contribution >= 0.6 is 0 Å². The number of hydrogen-bond acceptors (Lipinski definition) is 6. The van der Waals surface area contributed by atoms with Gasteiger partial charge in [-0.05, 0) is 30.9 Å². The van der Waals surface area contributed by atoms with Gasteiger partial charge < -0.3 is 9.47 Å². The fourth-order valence-corrected chi connectivity index (χ4v) is 5.15. The quantitative estimate of drug-likeness (QED) is 0.845. The topological polar surface area (TPSA) is 114 Å². The van der Waals surface area contributed by atoms with Gasteiger partial charge in [-0.25, -0.2) is 0 Å². The molecule has 5 rings (SSSR count). The Kier molecular flexibility index (Phi) is 4.03. The summed E-state index contributed by atoms with van der Waals surface area (Å²) in [6.07, 6.45) is 3.71. The summed E-state index contributed by atoms with van der Waals surface area (Å²) in [4.78, 5) is 0. The van der Waals surface area contributed by atoms with Gasteiger partial charge in [0, 0.05) is 6.42 Å². The van der Waals surface area contributed by atoms with E-state index in [9.17, 15) is 15.8 Å². The maximum absolute atomic E-state index is 10.2. The minimum absolute atomic E-state index is 0.326. The Morgan fingerprint density at radius 1 is 1.14 bits per heavy atom. The van der Waals surface area contributed by atoms with Crippen molar-refractivity contribution in [2.24, 2.45) is 16.7 Å². The van der Waals surface area contributed by atoms with Crippen LogP contribution in [0.1, 0.15) is 38.2 Å². The smallest absolute Gasteiger partial charge is 0.218 e. The molecule has 6 heteroatoms. The van der Waals surface area contributed by atoms with Gasteiger partial charge in [0.05, 0.1) is 24.1 Å². The van der Waals surface area contributed by atoms with Crippen LogP contribution in [0.4, 0.5) is 0 Å². The van der Waals surface area contributed by atoms with Crippen LogP contribution in [-0.4, -0.2) is 17.8 Å². The summed E-state index contributed by atoms with van der Waals surface area (Å²) in [6, 6.07) is 16.0. The highest BCUT2D eigenvalue weighted by Crippen LogP contribution is 2.66. The lowest BCUT2D eigenvalue weighted by Gasteiger charge is -2.63. The van der Waals surface area contributed by atoms with Crippen molar-refractivity contribution < 1.29 is 9.47 Å². The number of nitrogens with one attached hydrogen (secondary N) is 1. The largest absolute Gasteiger partial charge is 0.447 e. The summed E-state index contributed by atoms with van der Waals surface area (Å²) in [5, 5.41) is 39.1. The normalized spacial score (nSPS) is 35.6. The number of fused-ring (bicyclic) bond motifs is 2. The summed E-state index contributed by atoms with van der Waals surface area (Å²) >= 11 is 0. The van der Waals surface area contributed by atoms with Gasteiger partial charge >= 0.3 is 0 Å². The number of rotatable bonds is 2. The zero-order chi connectivity index (χ0) is 20.0. The molecular formula is C22H20N4O2. The monoisotopic (exact) mass is 372 g/mol. The van der Waals surface area contributed by atoms with Gasteiger partial charge in [-0.15, -0.1) is 0 Å². The van der Waals surface area contributed by atoms with E-state index in [4.69, 9.17) is 14.9 Å². The Balaban J connectivity index is 1.93. The molecule has 1 saturated carbocycles. The second kappa shape index (κ2) is 6.20. The molecule has 0 amide bonds. The molecular weight excluding hydrogens is 352 g/mol. The van der Waals surface area contributed by atoms with Gasteiger partial charge in [-0.1, -0.05) is 42.8 Å². The first-order valence-corrected chi connectivity index (χ1v) is 9.42. The summed E-state index contributed by atoms with van der Waals surface area (Å²) in [5.74, 6) is -2.08. The van der Waals surface area contributed by atoms with Gasteiger partial charge in [0.15, 0.2) is 10.8 Å². The third kappa shape index (κ3) is 2.06. The average Bonchev–Trinajstić information content (AvgIpc) is 2.72. The SMILES string of the molecule is C/C(=C\c1ccccc1)[C@H]1O[C@@]23CCCC[C@@H]2C(C#N)(C#N)[C@@]1(C#N)C(=N)O3. The molecule has 3 saturated heterocycles. The van der Waals surface area contributed by atoms with Crippen LogP contribution in [0.3, 0.4) is 0 Å². The molecule has 0 unspecified atom stereocenters. The third-order valence-electron chi connectivity index (χ3n) is 6.42. The van der Waals surface area contributed by atoms with E-state index in [0.717, 1.165) is 18.4 Å². The minimum Gasteiger partial charge on any atom is -0.447 e. The molecule has 4 aliphatic rings. The van der Waals surface area contributed by atoms with Crippen LogP contribution in [0.5, 0.6) is 0 Å². The van der Waals surface area contributed by atoms with E-state index in [1.54, 1.807) is 0 Å². The number of nitriles is 3. The second-order valence-electron chi connectivity index (χ2n) is 7.79. The van der Waals surface area contributed by atoms with Crippen LogP contribution in [0.25, 0.3) is 6.08 Å². The molecule has 0 radical (unpaired) electrons. The molecule has 1 spiro atoms. The van der Waals surface area contributed by atoms with Crippen molar-refractivity contribution in [2.75, 3.05) is 0 Å². The highest BCUT2D eigenvalue weighted by atomic mass is 16.7. The van der Waals surface area contributed by atoms with E-state index < -0.39 is 28.6 Å². The number of ether oxygens (including phenoxy) is 2. The lowest BCUT2D eigenvalue weighted by Crippen LogP contribution is -2.76. The Morgan fingerprint density at radius 2 is 1.86 bits per heavy atom. The Morgan fingerprint density at radius 3 is 2.50 bits per heavy atom. The first kappa shape index (κ1) is 18.2. The van der Waals surface area contributed by atoms with Crippen molar-refractivity contribution in [1.29, 1.82) is 21.2 Å². The van der Waals surface area contributed by atoms with Crippen LogP contribution in [0.15, 0.2) is 35.9 Å². The first-order chi connectivity index (χ1) is 13.5. The number of benzene rings is 1. The van der Waals surface area contributed by atoms with E-state index in [2.05, 4.69) is 18.2 Å². The van der Waals surface area contributed by atoms with Gasteiger partial charge in [-0.3, -0.25) is 5.41 Å². The molecule has 6 nitrogen and oxygen atoms in total. The average molecular weight is 372 g/mol. The highest BCUT2D eigenvalue weighted by Gasteiger charge is 2.80. The summed E-state index contributed by atoms with van der Waals surface area (Å²) in [6.45, 7) is 1.82. The maximum Gasteiger partial charge on any atom is 0.218 e. The van der Waals surface area contributed by atoms with E-state index in [1.165, 1.54) is 0 Å². The molecule has 1 aliphatic carbocycles. The third-order valence-corrected chi connectivity index (χ3v) is 6.42. The fourth-order valence-electron chi connectivity index (χ4n) is 5.15.